The summed E-state index contributed by atoms with van der Waals surface area (Å²) in [4.78, 5) is 16.9. The van der Waals surface area contributed by atoms with E-state index < -0.39 is 0 Å². The van der Waals surface area contributed by atoms with Gasteiger partial charge in [-0.25, -0.2) is 5.84 Å². The first-order valence-electron chi connectivity index (χ1n) is 6.01. The van der Waals surface area contributed by atoms with Gasteiger partial charge in [-0.1, -0.05) is 0 Å². The molecular weight excluding hydrogens is 358 g/mol. The molecule has 0 atom stereocenters. The molecule has 7 heteroatoms. The highest BCUT2D eigenvalue weighted by molar-refractivity contribution is 9.10. The van der Waals surface area contributed by atoms with Gasteiger partial charge in [0.25, 0.3) is 5.91 Å². The van der Waals surface area contributed by atoms with E-state index in [9.17, 15) is 4.79 Å². The second-order valence-electron chi connectivity index (χ2n) is 4.57. The maximum absolute atomic E-state index is 11.5. The van der Waals surface area contributed by atoms with Gasteiger partial charge in [0.1, 0.15) is 0 Å². The second-order valence-corrected chi connectivity index (χ2v) is 7.74. The fourth-order valence-electron chi connectivity index (χ4n) is 1.91. The lowest BCUT2D eigenvalue weighted by molar-refractivity contribution is 0.0957. The van der Waals surface area contributed by atoms with Crippen LogP contribution in [0.3, 0.4) is 0 Å². The van der Waals surface area contributed by atoms with Gasteiger partial charge in [-0.05, 0) is 47.6 Å². The lowest BCUT2D eigenvalue weighted by atomic mass is 10.2. The molecule has 0 aromatic carbocycles. The SMILES string of the molecule is Cc1sc(C(=O)NN)cc1CN(C)Cc1cc(Br)cs1. The van der Waals surface area contributed by atoms with E-state index in [0.717, 1.165) is 22.4 Å². The Kier molecular flexibility index (Phi) is 5.34. The molecule has 1 amide bonds. The molecule has 0 spiro atoms. The highest BCUT2D eigenvalue weighted by Gasteiger charge is 2.13. The summed E-state index contributed by atoms with van der Waals surface area (Å²) >= 11 is 6.68. The van der Waals surface area contributed by atoms with E-state index in [1.54, 1.807) is 11.3 Å². The molecule has 0 fully saturated rings. The first-order chi connectivity index (χ1) is 9.49. The number of nitrogens with zero attached hydrogens (tertiary/aromatic N) is 1. The van der Waals surface area contributed by atoms with E-state index in [1.807, 2.05) is 13.0 Å². The van der Waals surface area contributed by atoms with E-state index in [2.05, 4.69) is 44.7 Å². The van der Waals surface area contributed by atoms with Gasteiger partial charge in [-0.2, -0.15) is 0 Å². The Hall–Kier alpha value is -0.730. The summed E-state index contributed by atoms with van der Waals surface area (Å²) < 4.78 is 1.12. The largest absolute Gasteiger partial charge is 0.297 e. The topological polar surface area (TPSA) is 58.4 Å². The van der Waals surface area contributed by atoms with Crippen LogP contribution in [-0.4, -0.2) is 17.9 Å². The zero-order valence-corrected chi connectivity index (χ0v) is 14.5. The van der Waals surface area contributed by atoms with Gasteiger partial charge >= 0.3 is 0 Å². The van der Waals surface area contributed by atoms with Gasteiger partial charge in [-0.15, -0.1) is 22.7 Å². The highest BCUT2D eigenvalue weighted by atomic mass is 79.9. The molecule has 0 saturated carbocycles. The van der Waals surface area contributed by atoms with Crippen molar-refractivity contribution in [1.82, 2.24) is 10.3 Å². The van der Waals surface area contributed by atoms with Gasteiger partial charge in [-0.3, -0.25) is 15.1 Å². The Morgan fingerprint density at radius 1 is 1.45 bits per heavy atom. The van der Waals surface area contributed by atoms with Crippen molar-refractivity contribution >= 4 is 44.5 Å². The highest BCUT2D eigenvalue weighted by Crippen LogP contribution is 2.25. The maximum Gasteiger partial charge on any atom is 0.275 e. The van der Waals surface area contributed by atoms with Gasteiger partial charge < -0.3 is 0 Å². The molecule has 0 radical (unpaired) electrons. The van der Waals surface area contributed by atoms with Crippen molar-refractivity contribution in [2.75, 3.05) is 7.05 Å². The van der Waals surface area contributed by atoms with Gasteiger partial charge in [0.2, 0.25) is 0 Å². The monoisotopic (exact) mass is 373 g/mol. The number of hydrogen-bond donors (Lipinski definition) is 2. The zero-order valence-electron chi connectivity index (χ0n) is 11.3. The predicted molar refractivity (Wildman–Crippen MR) is 87.9 cm³/mol. The van der Waals surface area contributed by atoms with Crippen LogP contribution in [0.25, 0.3) is 0 Å². The lowest BCUT2D eigenvalue weighted by Gasteiger charge is -2.15. The van der Waals surface area contributed by atoms with E-state index in [4.69, 9.17) is 5.84 Å². The maximum atomic E-state index is 11.5. The number of rotatable bonds is 5. The third-order valence-electron chi connectivity index (χ3n) is 2.86. The number of thiophene rings is 2. The Labute approximate surface area is 134 Å². The van der Waals surface area contributed by atoms with Crippen LogP contribution >= 0.6 is 38.6 Å². The van der Waals surface area contributed by atoms with Crippen molar-refractivity contribution in [1.29, 1.82) is 0 Å². The van der Waals surface area contributed by atoms with E-state index in [0.29, 0.717) is 4.88 Å². The minimum Gasteiger partial charge on any atom is -0.297 e. The second kappa shape index (κ2) is 6.82. The molecule has 3 N–H and O–H groups in total. The van der Waals surface area contributed by atoms with Crippen LogP contribution in [0.4, 0.5) is 0 Å². The lowest BCUT2D eigenvalue weighted by Crippen LogP contribution is -2.29. The fourth-order valence-corrected chi connectivity index (χ4v) is 4.38. The molecule has 0 bridgehead atoms. The van der Waals surface area contributed by atoms with E-state index in [1.165, 1.54) is 21.8 Å². The number of carbonyl (C=O) groups excluding carboxylic acids is 1. The average Bonchev–Trinajstić information content (AvgIpc) is 2.96. The Morgan fingerprint density at radius 3 is 2.80 bits per heavy atom. The normalized spacial score (nSPS) is 11.1. The summed E-state index contributed by atoms with van der Waals surface area (Å²) in [7, 11) is 2.08. The molecular formula is C13H16BrN3OS2. The molecule has 2 aromatic rings. The number of carbonyl (C=O) groups is 1. The smallest absolute Gasteiger partial charge is 0.275 e. The molecule has 2 rings (SSSR count). The summed E-state index contributed by atoms with van der Waals surface area (Å²) in [6.07, 6.45) is 0. The molecule has 20 heavy (non-hydrogen) atoms. The van der Waals surface area contributed by atoms with Crippen LogP contribution < -0.4 is 11.3 Å². The molecule has 0 unspecified atom stereocenters. The standard InChI is InChI=1S/C13H16BrN3OS2/c1-8-9(3-12(20-8)13(18)16-15)5-17(2)6-11-4-10(14)7-19-11/h3-4,7H,5-6,15H2,1-2H3,(H,16,18). The molecule has 2 aromatic heterocycles. The first kappa shape index (κ1) is 15.7. The molecule has 108 valence electrons. The van der Waals surface area contributed by atoms with Crippen molar-refractivity contribution in [3.63, 3.8) is 0 Å². The quantitative estimate of drug-likeness (QED) is 0.480. The van der Waals surface area contributed by atoms with Gasteiger partial charge in [0.15, 0.2) is 0 Å². The third kappa shape index (κ3) is 3.89. The number of nitrogen functional groups attached to an aromatic ring is 1. The van der Waals surface area contributed by atoms with Crippen LogP contribution in [0.5, 0.6) is 0 Å². The molecule has 0 aliphatic heterocycles. The number of halogens is 1. The number of nitrogens with one attached hydrogen (secondary N) is 1. The Balaban J connectivity index is 2.02. The summed E-state index contributed by atoms with van der Waals surface area (Å²) in [5.74, 6) is 4.94. The fraction of sp³-hybridized carbons (Fsp3) is 0.308. The van der Waals surface area contributed by atoms with Crippen LogP contribution in [0.15, 0.2) is 22.0 Å². The predicted octanol–water partition coefficient (Wildman–Crippen LogP) is 3.12. The first-order valence-corrected chi connectivity index (χ1v) is 8.50. The molecule has 0 aliphatic rings. The summed E-state index contributed by atoms with van der Waals surface area (Å²) in [5.41, 5.74) is 3.34. The minimum atomic E-state index is -0.228. The number of aryl methyl sites for hydroxylation is 1. The number of amides is 1. The number of hydrogen-bond acceptors (Lipinski definition) is 5. The molecule has 0 saturated heterocycles. The van der Waals surface area contributed by atoms with Gasteiger partial charge in [0.05, 0.1) is 4.88 Å². The summed E-state index contributed by atoms with van der Waals surface area (Å²) in [6.45, 7) is 3.74. The summed E-state index contributed by atoms with van der Waals surface area (Å²) in [5, 5.41) is 2.09. The minimum absolute atomic E-state index is 0.228. The van der Waals surface area contributed by atoms with Gasteiger partial charge in [0, 0.05) is 32.7 Å². The third-order valence-corrected chi connectivity index (χ3v) is 5.64. The average molecular weight is 374 g/mol. The number of hydrazine groups is 1. The Bertz CT molecular complexity index is 609. The van der Waals surface area contributed by atoms with Crippen LogP contribution in [0.2, 0.25) is 0 Å². The van der Waals surface area contributed by atoms with Crippen molar-refractivity contribution in [2.24, 2.45) is 5.84 Å². The Morgan fingerprint density at radius 2 is 2.20 bits per heavy atom. The van der Waals surface area contributed by atoms with Crippen molar-refractivity contribution in [3.8, 4) is 0 Å². The molecule has 2 heterocycles. The van der Waals surface area contributed by atoms with E-state index in [-0.39, 0.29) is 5.91 Å². The van der Waals surface area contributed by atoms with E-state index >= 15 is 0 Å². The molecule has 4 nitrogen and oxygen atoms in total. The summed E-state index contributed by atoms with van der Waals surface area (Å²) in [6, 6.07) is 4.05. The van der Waals surface area contributed by atoms with Crippen molar-refractivity contribution in [3.05, 3.63) is 42.2 Å². The van der Waals surface area contributed by atoms with Crippen LogP contribution in [0, 0.1) is 6.92 Å². The van der Waals surface area contributed by atoms with Crippen LogP contribution in [0.1, 0.15) is 25.0 Å². The van der Waals surface area contributed by atoms with Crippen molar-refractivity contribution in [2.45, 2.75) is 20.0 Å². The zero-order chi connectivity index (χ0) is 14.7. The number of nitrogens with two attached hydrogens (primary N) is 1. The molecule has 0 aliphatic carbocycles. The van der Waals surface area contributed by atoms with Crippen LogP contribution in [-0.2, 0) is 13.1 Å². The van der Waals surface area contributed by atoms with Crippen molar-refractivity contribution < 1.29 is 4.79 Å².